The zero-order valence-corrected chi connectivity index (χ0v) is 39.6. The van der Waals surface area contributed by atoms with Crippen LogP contribution in [0.4, 0.5) is 5.82 Å². The first-order valence-electron chi connectivity index (χ1n) is 23.9. The second-order valence-electron chi connectivity index (χ2n) is 19.5. The van der Waals surface area contributed by atoms with E-state index in [1.165, 1.54) is 0 Å². The van der Waals surface area contributed by atoms with E-state index in [0.29, 0.717) is 57.0 Å². The van der Waals surface area contributed by atoms with Crippen molar-refractivity contribution in [3.05, 3.63) is 168 Å². The fourth-order valence-corrected chi connectivity index (χ4v) is 8.58. The van der Waals surface area contributed by atoms with Crippen LogP contribution in [0.3, 0.4) is 0 Å². The van der Waals surface area contributed by atoms with Gasteiger partial charge in [0.25, 0.3) is 0 Å². The Morgan fingerprint density at radius 1 is 0.750 bits per heavy atom. The topological polar surface area (TPSA) is 75.8 Å². The molecule has 0 saturated heterocycles. The smallest absolute Gasteiger partial charge is 0.342 e. The maximum Gasteiger partial charge on any atom is 0.342 e. The summed E-state index contributed by atoms with van der Waals surface area (Å²) in [4.78, 5) is 17.8. The molecule has 3 aliphatic heterocycles. The molecule has 5 aromatic carbocycles. The minimum atomic E-state index is -0.636. The van der Waals surface area contributed by atoms with Crippen LogP contribution in [-0.2, 0) is 37.3 Å². The molecular formula is C55H51BN5O2Pt-. The van der Waals surface area contributed by atoms with Gasteiger partial charge in [0, 0.05) is 44.1 Å². The van der Waals surface area contributed by atoms with E-state index in [1.807, 2.05) is 88.3 Å². The van der Waals surface area contributed by atoms with E-state index in [4.69, 9.17) is 23.8 Å². The van der Waals surface area contributed by atoms with Crippen LogP contribution in [0.15, 0.2) is 150 Å². The Hall–Kier alpha value is -6.24. The molecule has 9 heteroatoms. The van der Waals surface area contributed by atoms with Gasteiger partial charge in [-0.3, -0.25) is 4.57 Å². The van der Waals surface area contributed by atoms with Gasteiger partial charge in [0.1, 0.15) is 17.4 Å². The molecule has 7 nitrogen and oxygen atoms in total. The number of hydrogen-bond donors (Lipinski definition) is 1. The SMILES string of the molecule is [2H]c1c([2H])c([2H])c(-c2cc(C(C)(C)C)ccc2-n2c(-c3cc(C(C)(C)C)cc(C(C)(C)C)c3O)nc3c2N=C2C=CC=C4Oc5ccc(-c6cc(-c7ccccc7)ccn6)[c-]c5B3N42)c([2H])c1[2H].[Pt]. The zero-order valence-electron chi connectivity index (χ0n) is 42.4. The number of rotatable bonds is 5. The molecule has 2 aromatic heterocycles. The molecule has 0 fully saturated rings. The third-order valence-corrected chi connectivity index (χ3v) is 12.0. The summed E-state index contributed by atoms with van der Waals surface area (Å²) in [5, 5.41) is 12.7. The van der Waals surface area contributed by atoms with Crippen molar-refractivity contribution >= 4 is 29.6 Å². The molecule has 0 radical (unpaired) electrons. The standard InChI is InChI=1S/C55H51BN5O2.Pt/c1-53(2,3)38-24-25-45(40(31-38)35-19-14-11-15-20-35)60-51(41-32-39(54(4,5)6)33-42(49(41)62)55(7,8)9)59-50-52(60)58-47-21-16-22-48-61(47)56(50)43-29-37(23-26-46(43)63-48)44-30-36(27-28-57-44)34-17-12-10-13-18-34;/h10-28,30-33,62H,1-9H3;/q-1;/i11D,14D,15D,19D,20D;. The summed E-state index contributed by atoms with van der Waals surface area (Å²) in [5.41, 5.74) is 7.56. The molecule has 0 amide bonds. The van der Waals surface area contributed by atoms with Crippen LogP contribution in [0.1, 0.15) is 85.9 Å². The first-order chi connectivity index (χ1) is 32.1. The van der Waals surface area contributed by atoms with E-state index in [-0.39, 0.29) is 55.3 Å². The maximum absolute atomic E-state index is 12.7. The van der Waals surface area contributed by atoms with Crippen molar-refractivity contribution < 1.29 is 37.8 Å². The van der Waals surface area contributed by atoms with Crippen LogP contribution in [0.2, 0.25) is 0 Å². The van der Waals surface area contributed by atoms with Gasteiger partial charge >= 0.3 is 6.85 Å². The predicted molar refractivity (Wildman–Crippen MR) is 258 cm³/mol. The molecule has 322 valence electrons. The van der Waals surface area contributed by atoms with Crippen LogP contribution in [0.5, 0.6) is 11.5 Å². The summed E-state index contributed by atoms with van der Waals surface area (Å²) in [6.07, 6.45) is 7.50. The Labute approximate surface area is 398 Å². The van der Waals surface area contributed by atoms with Gasteiger partial charge in [0.05, 0.1) is 23.7 Å². The number of aliphatic imine (C=N–C) groups is 1. The number of benzene rings is 5. The van der Waals surface area contributed by atoms with Gasteiger partial charge in [-0.15, -0.1) is 23.8 Å². The van der Waals surface area contributed by atoms with Crippen LogP contribution in [0, 0.1) is 6.07 Å². The van der Waals surface area contributed by atoms with Crippen LogP contribution in [-0.4, -0.2) is 37.1 Å². The zero-order chi connectivity index (χ0) is 48.4. The number of nitrogens with zero attached hydrogens (tertiary/aromatic N) is 5. The first kappa shape index (κ1) is 37.2. The van der Waals surface area contributed by atoms with Crippen LogP contribution in [0.25, 0.3) is 50.6 Å². The third-order valence-electron chi connectivity index (χ3n) is 12.0. The fourth-order valence-electron chi connectivity index (χ4n) is 8.58. The van der Waals surface area contributed by atoms with Crippen molar-refractivity contribution in [1.82, 2.24) is 19.3 Å². The summed E-state index contributed by atoms with van der Waals surface area (Å²) in [7, 11) is 0. The molecule has 0 bridgehead atoms. The van der Waals surface area contributed by atoms with Gasteiger partial charge in [0.15, 0.2) is 11.7 Å². The molecule has 7 aromatic rings. The van der Waals surface area contributed by atoms with Crippen LogP contribution < -0.4 is 15.8 Å². The summed E-state index contributed by atoms with van der Waals surface area (Å²) >= 11 is 0. The van der Waals surface area contributed by atoms with Crippen molar-refractivity contribution in [3.8, 4) is 62.1 Å². The molecule has 1 N–H and O–H groups in total. The largest absolute Gasteiger partial charge is 0.507 e. The van der Waals surface area contributed by atoms with Crippen molar-refractivity contribution in [1.29, 1.82) is 0 Å². The number of ether oxygens (including phenoxy) is 1. The van der Waals surface area contributed by atoms with E-state index in [2.05, 4.69) is 92.6 Å². The van der Waals surface area contributed by atoms with Gasteiger partial charge in [-0.2, -0.15) is 0 Å². The van der Waals surface area contributed by atoms with Crippen molar-refractivity contribution in [2.75, 3.05) is 0 Å². The van der Waals surface area contributed by atoms with E-state index < -0.39 is 30.4 Å². The Morgan fingerprint density at radius 3 is 2.20 bits per heavy atom. The molecule has 5 heterocycles. The minimum absolute atomic E-state index is 0. The molecule has 64 heavy (non-hydrogen) atoms. The summed E-state index contributed by atoms with van der Waals surface area (Å²) in [6.45, 7) is 18.2. The number of imidazole rings is 1. The van der Waals surface area contributed by atoms with Crippen molar-refractivity contribution in [2.24, 2.45) is 4.99 Å². The molecular weight excluding hydrogens is 969 g/mol. The van der Waals surface area contributed by atoms with Gasteiger partial charge < -0.3 is 19.6 Å². The van der Waals surface area contributed by atoms with E-state index >= 15 is 0 Å². The van der Waals surface area contributed by atoms with Gasteiger partial charge in [-0.05, 0) is 86.2 Å². The maximum atomic E-state index is 12.7. The molecule has 0 unspecified atom stereocenters. The number of hydrogen-bond acceptors (Lipinski definition) is 6. The average Bonchev–Trinajstić information content (AvgIpc) is 3.68. The monoisotopic (exact) mass is 1020 g/mol. The minimum Gasteiger partial charge on any atom is -0.507 e. The van der Waals surface area contributed by atoms with E-state index in [0.717, 1.165) is 39.1 Å². The van der Waals surface area contributed by atoms with Crippen molar-refractivity contribution in [2.45, 2.75) is 78.6 Å². The Morgan fingerprint density at radius 2 is 1.48 bits per heavy atom. The van der Waals surface area contributed by atoms with Gasteiger partial charge in [-0.1, -0.05) is 153 Å². The van der Waals surface area contributed by atoms with Crippen LogP contribution >= 0.6 is 0 Å². The second kappa shape index (κ2) is 15.8. The number of allylic oxidation sites excluding steroid dienone is 2. The summed E-state index contributed by atoms with van der Waals surface area (Å²) in [5.74, 6) is 2.56. The Balaban J connectivity index is 0.00000593. The molecule has 0 atom stereocenters. The second-order valence-corrected chi connectivity index (χ2v) is 19.5. The number of pyridine rings is 1. The predicted octanol–water partition coefficient (Wildman–Crippen LogP) is 11.6. The number of amidine groups is 1. The summed E-state index contributed by atoms with van der Waals surface area (Å²) < 4.78 is 53.2. The number of aromatic hydroxyl groups is 1. The van der Waals surface area contributed by atoms with Gasteiger partial charge in [0.2, 0.25) is 0 Å². The van der Waals surface area contributed by atoms with E-state index in [1.54, 1.807) is 6.20 Å². The molecule has 0 saturated carbocycles. The van der Waals surface area contributed by atoms with Gasteiger partial charge in [-0.25, -0.2) is 9.98 Å². The quantitative estimate of drug-likeness (QED) is 0.137. The molecule has 3 aliphatic rings. The first-order valence-corrected chi connectivity index (χ1v) is 21.4. The number of phenols is 1. The molecule has 10 rings (SSSR count). The average molecular weight is 1020 g/mol. The number of phenolic OH excluding ortho intramolecular Hbond substituents is 1. The summed E-state index contributed by atoms with van der Waals surface area (Å²) in [6, 6.07) is 29.7. The van der Waals surface area contributed by atoms with Crippen molar-refractivity contribution in [3.63, 3.8) is 0 Å². The molecule has 0 aliphatic carbocycles. The molecule has 0 spiro atoms. The van der Waals surface area contributed by atoms with E-state index in [9.17, 15) is 7.85 Å². The number of aromatic nitrogens is 3. The Kier molecular flexibility index (Phi) is 9.16. The Bertz CT molecular complexity index is 3340. The normalized spacial score (nSPS) is 15.2. The number of fused-ring (bicyclic) bond motifs is 4. The fraction of sp³-hybridized carbons (Fsp3) is 0.218. The third kappa shape index (κ3) is 7.46.